The Bertz CT molecular complexity index is 151. The summed E-state index contributed by atoms with van der Waals surface area (Å²) in [6.45, 7) is 0.928. The van der Waals surface area contributed by atoms with E-state index in [9.17, 15) is 5.11 Å². The molecule has 70 valence electrons. The van der Waals surface area contributed by atoms with Gasteiger partial charge in [0.2, 0.25) is 0 Å². The zero-order valence-corrected chi connectivity index (χ0v) is 8.11. The number of thioether (sulfide) groups is 1. The molecule has 1 atom stereocenters. The van der Waals surface area contributed by atoms with Crippen LogP contribution in [-0.4, -0.2) is 34.9 Å². The first-order valence-corrected chi connectivity index (χ1v) is 5.86. The lowest BCUT2D eigenvalue weighted by molar-refractivity contribution is 0.0380. The van der Waals surface area contributed by atoms with Crippen molar-refractivity contribution >= 4 is 11.8 Å². The van der Waals surface area contributed by atoms with Gasteiger partial charge in [-0.05, 0) is 25.7 Å². The molecule has 0 saturated carbocycles. The molecule has 2 heterocycles. The first kappa shape index (κ1) is 8.85. The predicted molar refractivity (Wildman–Crippen MR) is 50.5 cm³/mol. The summed E-state index contributed by atoms with van der Waals surface area (Å²) in [6.07, 6.45) is 4.84. The van der Waals surface area contributed by atoms with Gasteiger partial charge in [-0.3, -0.25) is 0 Å². The van der Waals surface area contributed by atoms with Crippen molar-refractivity contribution in [3.63, 3.8) is 0 Å². The highest BCUT2D eigenvalue weighted by Crippen LogP contribution is 2.34. The van der Waals surface area contributed by atoms with Gasteiger partial charge < -0.3 is 9.84 Å². The van der Waals surface area contributed by atoms with Crippen molar-refractivity contribution in [1.82, 2.24) is 0 Å². The van der Waals surface area contributed by atoms with E-state index in [1.54, 1.807) is 0 Å². The predicted octanol–water partition coefficient (Wildman–Crippen LogP) is 1.42. The monoisotopic (exact) mass is 188 g/mol. The first-order chi connectivity index (χ1) is 5.79. The smallest absolute Gasteiger partial charge is 0.0828 e. The quantitative estimate of drug-likeness (QED) is 0.726. The molecule has 2 aliphatic heterocycles. The first-order valence-electron chi connectivity index (χ1n) is 4.70. The van der Waals surface area contributed by atoms with Gasteiger partial charge in [-0.15, -0.1) is 0 Å². The second kappa shape index (κ2) is 3.56. The van der Waals surface area contributed by atoms with Gasteiger partial charge in [-0.1, -0.05) is 0 Å². The molecule has 0 radical (unpaired) electrons. The maximum atomic E-state index is 9.79. The van der Waals surface area contributed by atoms with Gasteiger partial charge in [0.15, 0.2) is 0 Å². The Morgan fingerprint density at radius 3 is 2.83 bits per heavy atom. The Hall–Kier alpha value is 0.270. The van der Waals surface area contributed by atoms with Gasteiger partial charge in [0.1, 0.15) is 0 Å². The van der Waals surface area contributed by atoms with E-state index in [2.05, 4.69) is 0 Å². The van der Waals surface area contributed by atoms with Crippen molar-refractivity contribution in [3.8, 4) is 0 Å². The van der Waals surface area contributed by atoms with Crippen LogP contribution in [0, 0.1) is 0 Å². The van der Waals surface area contributed by atoms with E-state index in [0.717, 1.165) is 31.0 Å². The highest BCUT2D eigenvalue weighted by Gasteiger charge is 2.35. The molecule has 3 heteroatoms. The van der Waals surface area contributed by atoms with Gasteiger partial charge in [-0.2, -0.15) is 11.8 Å². The lowest BCUT2D eigenvalue weighted by Crippen LogP contribution is -2.43. The summed E-state index contributed by atoms with van der Waals surface area (Å²) in [5.74, 6) is 1.86. The highest BCUT2D eigenvalue weighted by molar-refractivity contribution is 8.00. The lowest BCUT2D eigenvalue weighted by atomic mass is 9.98. The molecule has 0 aliphatic carbocycles. The van der Waals surface area contributed by atoms with Crippen molar-refractivity contribution < 1.29 is 9.84 Å². The molecule has 1 unspecified atom stereocenters. The number of hydrogen-bond acceptors (Lipinski definition) is 3. The zero-order chi connectivity index (χ0) is 8.44. The summed E-state index contributed by atoms with van der Waals surface area (Å²) < 4.78 is 5.50. The fourth-order valence-electron chi connectivity index (χ4n) is 1.78. The number of aliphatic hydroxyl groups is 1. The van der Waals surface area contributed by atoms with Crippen LogP contribution in [0.25, 0.3) is 0 Å². The minimum atomic E-state index is -0.337. The number of rotatable bonds is 3. The van der Waals surface area contributed by atoms with Crippen LogP contribution >= 0.6 is 11.8 Å². The molecule has 0 aromatic carbocycles. The molecular weight excluding hydrogens is 172 g/mol. The summed E-state index contributed by atoms with van der Waals surface area (Å²) in [6, 6.07) is 0. The Morgan fingerprint density at radius 2 is 2.33 bits per heavy atom. The van der Waals surface area contributed by atoms with E-state index in [4.69, 9.17) is 4.74 Å². The molecule has 2 saturated heterocycles. The lowest BCUT2D eigenvalue weighted by Gasteiger charge is -2.36. The summed E-state index contributed by atoms with van der Waals surface area (Å²) >= 11 is 1.84. The minimum Gasteiger partial charge on any atom is -0.388 e. The third kappa shape index (κ3) is 1.95. The Balaban J connectivity index is 1.67. The largest absolute Gasteiger partial charge is 0.388 e. The van der Waals surface area contributed by atoms with Crippen LogP contribution in [0.4, 0.5) is 0 Å². The van der Waals surface area contributed by atoms with Crippen molar-refractivity contribution in [1.29, 1.82) is 0 Å². The SMILES string of the molecule is OC1(CCC2CCCO2)CSC1. The average Bonchev–Trinajstić information content (AvgIpc) is 2.49. The molecule has 0 amide bonds. The van der Waals surface area contributed by atoms with Crippen LogP contribution in [0.5, 0.6) is 0 Å². The topological polar surface area (TPSA) is 29.5 Å². The summed E-state index contributed by atoms with van der Waals surface area (Å²) in [7, 11) is 0. The molecule has 2 fully saturated rings. The molecule has 0 aromatic heterocycles. The van der Waals surface area contributed by atoms with Crippen LogP contribution in [0.3, 0.4) is 0 Å². The molecule has 2 nitrogen and oxygen atoms in total. The average molecular weight is 188 g/mol. The Kier molecular flexibility index (Phi) is 2.63. The third-order valence-electron chi connectivity index (χ3n) is 2.70. The Labute approximate surface area is 77.7 Å². The molecule has 1 N–H and O–H groups in total. The maximum absolute atomic E-state index is 9.79. The van der Waals surface area contributed by atoms with Crippen molar-refractivity contribution in [3.05, 3.63) is 0 Å². The maximum Gasteiger partial charge on any atom is 0.0828 e. The van der Waals surface area contributed by atoms with Gasteiger partial charge in [0, 0.05) is 18.1 Å². The van der Waals surface area contributed by atoms with Crippen molar-refractivity contribution in [2.24, 2.45) is 0 Å². The zero-order valence-electron chi connectivity index (χ0n) is 7.29. The highest BCUT2D eigenvalue weighted by atomic mass is 32.2. The van der Waals surface area contributed by atoms with E-state index in [1.807, 2.05) is 11.8 Å². The summed E-state index contributed by atoms with van der Waals surface area (Å²) in [5.41, 5.74) is -0.337. The van der Waals surface area contributed by atoms with Crippen LogP contribution < -0.4 is 0 Å². The third-order valence-corrected chi connectivity index (χ3v) is 4.18. The molecule has 0 spiro atoms. The van der Waals surface area contributed by atoms with Crippen molar-refractivity contribution in [2.75, 3.05) is 18.1 Å². The van der Waals surface area contributed by atoms with Gasteiger partial charge >= 0.3 is 0 Å². The number of hydrogen-bond donors (Lipinski definition) is 1. The van der Waals surface area contributed by atoms with E-state index < -0.39 is 0 Å². The normalized spacial score (nSPS) is 33.2. The van der Waals surface area contributed by atoms with E-state index in [1.165, 1.54) is 12.8 Å². The standard InChI is InChI=1S/C9H16O2S/c10-9(6-12-7-9)4-3-8-2-1-5-11-8/h8,10H,1-7H2. The number of ether oxygens (including phenoxy) is 1. The molecular formula is C9H16O2S. The molecule has 2 aliphatic rings. The van der Waals surface area contributed by atoms with Crippen molar-refractivity contribution in [2.45, 2.75) is 37.4 Å². The second-order valence-electron chi connectivity index (χ2n) is 3.89. The second-order valence-corrected chi connectivity index (χ2v) is 4.88. The molecule has 0 bridgehead atoms. The van der Waals surface area contributed by atoms with Gasteiger partial charge in [-0.25, -0.2) is 0 Å². The van der Waals surface area contributed by atoms with Gasteiger partial charge in [0.25, 0.3) is 0 Å². The van der Waals surface area contributed by atoms with Crippen LogP contribution in [0.15, 0.2) is 0 Å². The molecule has 0 aromatic rings. The molecule has 2 rings (SSSR count). The van der Waals surface area contributed by atoms with E-state index >= 15 is 0 Å². The molecule has 12 heavy (non-hydrogen) atoms. The van der Waals surface area contributed by atoms with Crippen LogP contribution in [0.1, 0.15) is 25.7 Å². The van der Waals surface area contributed by atoms with E-state index in [-0.39, 0.29) is 5.60 Å². The summed E-state index contributed by atoms with van der Waals surface area (Å²) in [4.78, 5) is 0. The fourth-order valence-corrected chi connectivity index (χ4v) is 2.75. The van der Waals surface area contributed by atoms with Crippen LogP contribution in [0.2, 0.25) is 0 Å². The fraction of sp³-hybridized carbons (Fsp3) is 1.00. The Morgan fingerprint density at radius 1 is 1.50 bits per heavy atom. The van der Waals surface area contributed by atoms with Crippen LogP contribution in [-0.2, 0) is 4.74 Å². The minimum absolute atomic E-state index is 0.337. The van der Waals surface area contributed by atoms with E-state index in [0.29, 0.717) is 6.10 Å². The summed E-state index contributed by atoms with van der Waals surface area (Å²) in [5, 5.41) is 9.79. The van der Waals surface area contributed by atoms with Gasteiger partial charge in [0.05, 0.1) is 11.7 Å².